The maximum atomic E-state index is 12.6. The van der Waals surface area contributed by atoms with E-state index >= 15 is 0 Å². The molecule has 0 bridgehead atoms. The number of isocyanates is 1. The highest BCUT2D eigenvalue weighted by molar-refractivity contribution is 6.36. The van der Waals surface area contributed by atoms with Crippen LogP contribution in [0.5, 0.6) is 0 Å². The van der Waals surface area contributed by atoms with Crippen LogP contribution in [-0.4, -0.2) is 119 Å². The first kappa shape index (κ1) is 48.1. The van der Waals surface area contributed by atoms with Gasteiger partial charge in [0.1, 0.15) is 0 Å². The molecule has 332 valence electrons. The Morgan fingerprint density at radius 3 is 1.65 bits per heavy atom. The molecule has 2 aliphatic heterocycles. The normalized spacial score (nSPS) is 17.3. The number of pyridine rings is 2. The molecule has 0 atom stereocenters. The lowest BCUT2D eigenvalue weighted by Crippen LogP contribution is -2.46. The Labute approximate surface area is 388 Å². The second kappa shape index (κ2) is 24.6. The monoisotopic (exact) mass is 920 g/mol. The lowest BCUT2D eigenvalue weighted by Gasteiger charge is -2.34. The van der Waals surface area contributed by atoms with E-state index in [2.05, 4.69) is 71.9 Å². The fraction of sp³-hybridized carbons (Fsp3) is 0.500. The van der Waals surface area contributed by atoms with E-state index in [1.807, 2.05) is 6.20 Å². The maximum absolute atomic E-state index is 12.6. The minimum atomic E-state index is 0.0115. The number of nitrogens with zero attached hydrogens (tertiary/aromatic N) is 8. The summed E-state index contributed by atoms with van der Waals surface area (Å²) in [6.07, 6.45) is 13.7. The molecule has 0 spiro atoms. The van der Waals surface area contributed by atoms with Gasteiger partial charge in [0, 0.05) is 120 Å². The minimum absolute atomic E-state index is 0.0115. The molecule has 1 amide bonds. The Hall–Kier alpha value is -3.41. The van der Waals surface area contributed by atoms with E-state index in [0.717, 1.165) is 61.3 Å². The van der Waals surface area contributed by atoms with Crippen LogP contribution in [0.15, 0.2) is 78.0 Å². The van der Waals surface area contributed by atoms with Crippen molar-refractivity contribution in [3.05, 3.63) is 121 Å². The van der Waals surface area contributed by atoms with E-state index in [1.54, 1.807) is 42.3 Å². The number of benzene rings is 2. The quantitative estimate of drug-likeness (QED) is 0.0862. The van der Waals surface area contributed by atoms with Gasteiger partial charge in [0.2, 0.25) is 12.0 Å². The Kier molecular flexibility index (Phi) is 19.1. The van der Waals surface area contributed by atoms with E-state index in [0.29, 0.717) is 32.3 Å². The summed E-state index contributed by atoms with van der Waals surface area (Å²) in [5.41, 5.74) is 5.86. The van der Waals surface area contributed by atoms with Gasteiger partial charge in [0.25, 0.3) is 0 Å². The second-order valence-corrected chi connectivity index (χ2v) is 18.8. The van der Waals surface area contributed by atoms with Crippen molar-refractivity contribution in [2.24, 2.45) is 16.8 Å². The van der Waals surface area contributed by atoms with Gasteiger partial charge in [-0.2, -0.15) is 4.99 Å². The maximum Gasteiger partial charge on any atom is 0.240 e. The van der Waals surface area contributed by atoms with Crippen molar-refractivity contribution >= 4 is 64.1 Å². The Morgan fingerprint density at radius 2 is 1.19 bits per heavy atom. The molecular weight excluding hydrogens is 862 g/mol. The average Bonchev–Trinajstić information content (AvgIpc) is 4.22. The van der Waals surface area contributed by atoms with Crippen LogP contribution < -0.4 is 0 Å². The summed E-state index contributed by atoms with van der Waals surface area (Å²) in [5, 5.41) is 1.95. The predicted molar refractivity (Wildman–Crippen MR) is 252 cm³/mol. The Bertz CT molecular complexity index is 2060. The van der Waals surface area contributed by atoms with Crippen molar-refractivity contribution in [3.63, 3.8) is 0 Å². The van der Waals surface area contributed by atoms with Crippen LogP contribution in [0, 0.1) is 11.8 Å². The fourth-order valence-electron chi connectivity index (χ4n) is 7.62. The first-order valence-electron chi connectivity index (χ1n) is 22.0. The van der Waals surface area contributed by atoms with Crippen LogP contribution in [0.2, 0.25) is 20.1 Å². The standard InChI is InChI=1S/C24H30Cl2N4O.C17H27N3.C7H3Cl2NO/c1-28(24(31)12-20-5-6-21(25)13-23(20)26)15-19-4-7-22(27-14-19)17-30-10-8-29(9-11-30)16-18-2-3-18;1-2-3-15-6-7-17(18-12-15)14-20-10-8-19(9-11-20)13-16-4-5-16;8-5-1-2-7(10-4-11)6(9)3-5/h4-7,13-14,18H,2-3,8-12,15-17H2,1H3;6-7,12,16H,2-5,8-11,13-14H2,1H3;1-3H. The lowest BCUT2D eigenvalue weighted by molar-refractivity contribution is -0.129. The highest BCUT2D eigenvalue weighted by atomic mass is 35.5. The second-order valence-electron chi connectivity index (χ2n) is 17.1. The number of piperazine rings is 2. The number of hydrogen-bond donors (Lipinski definition) is 0. The Morgan fingerprint density at radius 1 is 0.694 bits per heavy atom. The van der Waals surface area contributed by atoms with Crippen LogP contribution in [0.1, 0.15) is 67.1 Å². The summed E-state index contributed by atoms with van der Waals surface area (Å²) in [6, 6.07) is 18.5. The van der Waals surface area contributed by atoms with Crippen molar-refractivity contribution in [2.75, 3.05) is 72.5 Å². The van der Waals surface area contributed by atoms with Gasteiger partial charge < -0.3 is 14.7 Å². The molecule has 0 unspecified atom stereocenters. The van der Waals surface area contributed by atoms with Crippen LogP contribution in [0.25, 0.3) is 0 Å². The van der Waals surface area contributed by atoms with Crippen molar-refractivity contribution in [3.8, 4) is 0 Å². The van der Waals surface area contributed by atoms with Gasteiger partial charge in [0.15, 0.2) is 0 Å². The van der Waals surface area contributed by atoms with Crippen LogP contribution in [0.4, 0.5) is 5.69 Å². The predicted octanol–water partition coefficient (Wildman–Crippen LogP) is 9.64. The summed E-state index contributed by atoms with van der Waals surface area (Å²) in [4.78, 5) is 47.0. The summed E-state index contributed by atoms with van der Waals surface area (Å²) >= 11 is 23.4. The number of carbonyl (C=O) groups is 1. The van der Waals surface area contributed by atoms with E-state index in [4.69, 9.17) is 46.4 Å². The highest BCUT2D eigenvalue weighted by Crippen LogP contribution is 2.31. The summed E-state index contributed by atoms with van der Waals surface area (Å²) < 4.78 is 0. The van der Waals surface area contributed by atoms with Crippen molar-refractivity contribution < 1.29 is 9.59 Å². The number of likely N-dealkylation sites (N-methyl/N-ethyl adjacent to an activating group) is 1. The van der Waals surface area contributed by atoms with Gasteiger partial charge in [-0.25, -0.2) is 4.79 Å². The number of rotatable bonds is 15. The van der Waals surface area contributed by atoms with Gasteiger partial charge in [-0.1, -0.05) is 77.9 Å². The number of aromatic nitrogens is 2. The largest absolute Gasteiger partial charge is 0.341 e. The molecule has 0 N–H and O–H groups in total. The molecule has 8 rings (SSSR count). The molecule has 10 nitrogen and oxygen atoms in total. The molecule has 4 aliphatic rings. The molecule has 2 aromatic carbocycles. The average molecular weight is 923 g/mol. The number of aryl methyl sites for hydroxylation is 1. The van der Waals surface area contributed by atoms with Gasteiger partial charge in [-0.15, -0.1) is 0 Å². The van der Waals surface area contributed by atoms with Crippen molar-refractivity contribution in [2.45, 2.75) is 71.5 Å². The minimum Gasteiger partial charge on any atom is -0.341 e. The summed E-state index contributed by atoms with van der Waals surface area (Å²) in [5.74, 6) is 2.00. The third-order valence-electron chi connectivity index (χ3n) is 11.7. The van der Waals surface area contributed by atoms with Gasteiger partial charge in [-0.05, 0) is 103 Å². The first-order valence-corrected chi connectivity index (χ1v) is 23.5. The highest BCUT2D eigenvalue weighted by Gasteiger charge is 2.27. The first-order chi connectivity index (χ1) is 30.0. The molecular formula is C48H60Cl4N8O2. The number of amides is 1. The molecule has 2 saturated heterocycles. The van der Waals surface area contributed by atoms with Crippen molar-refractivity contribution in [1.82, 2.24) is 34.5 Å². The Balaban J connectivity index is 0.000000176. The summed E-state index contributed by atoms with van der Waals surface area (Å²) in [6.45, 7) is 16.7. The van der Waals surface area contributed by atoms with E-state index < -0.39 is 0 Å². The van der Waals surface area contributed by atoms with E-state index in [1.165, 1.54) is 108 Å². The van der Waals surface area contributed by atoms with Crippen LogP contribution in [-0.2, 0) is 42.1 Å². The zero-order valence-electron chi connectivity index (χ0n) is 36.1. The fourth-order valence-corrected chi connectivity index (χ4v) is 8.55. The number of halogens is 4. The third-order valence-corrected chi connectivity index (χ3v) is 12.8. The molecule has 2 aliphatic carbocycles. The molecule has 4 heterocycles. The van der Waals surface area contributed by atoms with Crippen LogP contribution >= 0.6 is 46.4 Å². The molecule has 4 fully saturated rings. The molecule has 4 aromatic rings. The molecule has 62 heavy (non-hydrogen) atoms. The van der Waals surface area contributed by atoms with Crippen molar-refractivity contribution in [1.29, 1.82) is 0 Å². The van der Waals surface area contributed by atoms with E-state index in [-0.39, 0.29) is 12.3 Å². The smallest absolute Gasteiger partial charge is 0.240 e. The van der Waals surface area contributed by atoms with Crippen LogP contribution in [0.3, 0.4) is 0 Å². The number of aliphatic imine (C=N–C) groups is 1. The molecule has 2 aromatic heterocycles. The van der Waals surface area contributed by atoms with Gasteiger partial charge in [-0.3, -0.25) is 24.6 Å². The molecule has 2 saturated carbocycles. The SMILES string of the molecule is CCCc1ccc(CN2CCN(CC3CC3)CC2)nc1.CN(Cc1ccc(CN2CCN(CC3CC3)CC2)nc1)C(=O)Cc1ccc(Cl)cc1Cl.O=C=Nc1ccc(Cl)cc1Cl. The number of carbonyl (C=O) groups excluding carboxylic acids is 2. The number of hydrogen-bond acceptors (Lipinski definition) is 9. The topological polar surface area (TPSA) is 88.5 Å². The van der Waals surface area contributed by atoms with E-state index in [9.17, 15) is 9.59 Å². The third kappa shape index (κ3) is 16.6. The van der Waals surface area contributed by atoms with Gasteiger partial charge >= 0.3 is 0 Å². The zero-order valence-corrected chi connectivity index (χ0v) is 39.2. The summed E-state index contributed by atoms with van der Waals surface area (Å²) in [7, 11) is 1.81. The lowest BCUT2D eigenvalue weighted by atomic mass is 10.1. The zero-order chi connectivity index (χ0) is 43.8. The molecule has 0 radical (unpaired) electrons. The van der Waals surface area contributed by atoms with Gasteiger partial charge in [0.05, 0.1) is 28.5 Å². The molecule has 14 heteroatoms.